The first kappa shape index (κ1) is 9.02. The van der Waals surface area contributed by atoms with Crippen LogP contribution in [0.1, 0.15) is 20.3 Å². The first-order valence-electron chi connectivity index (χ1n) is 3.46. The largest absolute Gasteiger partial charge is 0.402 e. The maximum Gasteiger partial charge on any atom is 0.00489 e. The van der Waals surface area contributed by atoms with E-state index in [0.29, 0.717) is 0 Å². The molecule has 0 unspecified atom stereocenters. The monoisotopic (exact) mass is 137 g/mol. The van der Waals surface area contributed by atoms with Crippen LogP contribution in [0, 0.1) is 0 Å². The molecule has 0 spiro atoms. The molecule has 0 amide bonds. The summed E-state index contributed by atoms with van der Waals surface area (Å²) >= 11 is 0. The SMILES string of the molecule is C=C/C(=C\C=C(\C)N)CC. The average Bonchev–Trinajstić information content (AvgIpc) is 1.90. The van der Waals surface area contributed by atoms with Crippen LogP contribution in [0.2, 0.25) is 0 Å². The molecular weight excluding hydrogens is 122 g/mol. The van der Waals surface area contributed by atoms with Crippen LogP contribution in [0.25, 0.3) is 0 Å². The molecule has 2 N–H and O–H groups in total. The summed E-state index contributed by atoms with van der Waals surface area (Å²) < 4.78 is 0. The van der Waals surface area contributed by atoms with Crippen molar-refractivity contribution < 1.29 is 0 Å². The van der Waals surface area contributed by atoms with Crippen LogP contribution in [0.15, 0.2) is 36.1 Å². The predicted octanol–water partition coefficient (Wildman–Crippen LogP) is 2.37. The van der Waals surface area contributed by atoms with Crippen molar-refractivity contribution in [2.75, 3.05) is 0 Å². The van der Waals surface area contributed by atoms with E-state index in [1.54, 1.807) is 0 Å². The van der Waals surface area contributed by atoms with Crippen LogP contribution >= 0.6 is 0 Å². The van der Waals surface area contributed by atoms with Gasteiger partial charge in [-0.1, -0.05) is 25.7 Å². The van der Waals surface area contributed by atoms with Gasteiger partial charge in [0.15, 0.2) is 0 Å². The quantitative estimate of drug-likeness (QED) is 0.594. The van der Waals surface area contributed by atoms with Crippen molar-refractivity contribution in [2.24, 2.45) is 5.73 Å². The lowest BCUT2D eigenvalue weighted by atomic mass is 10.2. The molecule has 0 saturated heterocycles. The van der Waals surface area contributed by atoms with E-state index in [1.165, 1.54) is 5.57 Å². The highest BCUT2D eigenvalue weighted by Gasteiger charge is 1.81. The van der Waals surface area contributed by atoms with E-state index < -0.39 is 0 Å². The highest BCUT2D eigenvalue weighted by atomic mass is 14.5. The van der Waals surface area contributed by atoms with Crippen LogP contribution in [-0.4, -0.2) is 0 Å². The third-order valence-corrected chi connectivity index (χ3v) is 1.23. The smallest absolute Gasteiger partial charge is 0.00489 e. The van der Waals surface area contributed by atoms with E-state index in [4.69, 9.17) is 5.73 Å². The summed E-state index contributed by atoms with van der Waals surface area (Å²) in [7, 11) is 0. The molecule has 0 radical (unpaired) electrons. The molecule has 0 heterocycles. The molecule has 56 valence electrons. The fraction of sp³-hybridized carbons (Fsp3) is 0.333. The molecule has 0 rings (SSSR count). The number of hydrogen-bond acceptors (Lipinski definition) is 1. The summed E-state index contributed by atoms with van der Waals surface area (Å²) in [6.07, 6.45) is 6.73. The molecule has 0 aromatic rings. The van der Waals surface area contributed by atoms with Crippen molar-refractivity contribution >= 4 is 0 Å². The second-order valence-electron chi connectivity index (χ2n) is 2.21. The summed E-state index contributed by atoms with van der Waals surface area (Å²) in [5.41, 5.74) is 7.47. The van der Waals surface area contributed by atoms with Crippen molar-refractivity contribution in [3.63, 3.8) is 0 Å². The Morgan fingerprint density at radius 1 is 1.50 bits per heavy atom. The predicted molar refractivity (Wildman–Crippen MR) is 46.5 cm³/mol. The Morgan fingerprint density at radius 3 is 2.40 bits per heavy atom. The zero-order chi connectivity index (χ0) is 7.98. The lowest BCUT2D eigenvalue weighted by Crippen LogP contribution is -1.88. The Hall–Kier alpha value is -0.980. The molecule has 0 aliphatic heterocycles. The van der Waals surface area contributed by atoms with Gasteiger partial charge in [0.05, 0.1) is 0 Å². The molecule has 0 saturated carbocycles. The molecule has 0 atom stereocenters. The minimum atomic E-state index is 0.827. The fourth-order valence-electron chi connectivity index (χ4n) is 0.569. The van der Waals surface area contributed by atoms with E-state index in [9.17, 15) is 0 Å². The van der Waals surface area contributed by atoms with Crippen molar-refractivity contribution in [1.29, 1.82) is 0 Å². The Labute approximate surface area is 62.9 Å². The van der Waals surface area contributed by atoms with Gasteiger partial charge in [0.2, 0.25) is 0 Å². The van der Waals surface area contributed by atoms with E-state index in [0.717, 1.165) is 12.1 Å². The van der Waals surface area contributed by atoms with Gasteiger partial charge in [0.25, 0.3) is 0 Å². The maximum atomic E-state index is 5.43. The van der Waals surface area contributed by atoms with Crippen LogP contribution in [0.4, 0.5) is 0 Å². The van der Waals surface area contributed by atoms with Crippen LogP contribution in [0.3, 0.4) is 0 Å². The van der Waals surface area contributed by atoms with Gasteiger partial charge < -0.3 is 5.73 Å². The standard InChI is InChI=1S/C9H15N/c1-4-9(5-2)7-6-8(3)10/h4,6-7H,1,5,10H2,2-3H3/b8-6-,9-7+. The first-order valence-corrected chi connectivity index (χ1v) is 3.46. The molecule has 0 aliphatic carbocycles. The minimum Gasteiger partial charge on any atom is -0.402 e. The lowest BCUT2D eigenvalue weighted by molar-refractivity contribution is 1.15. The minimum absolute atomic E-state index is 0.827. The summed E-state index contributed by atoms with van der Waals surface area (Å²) in [6, 6.07) is 0. The Balaban J connectivity index is 4.12. The lowest BCUT2D eigenvalue weighted by Gasteiger charge is -1.92. The normalized spacial score (nSPS) is 13.4. The second kappa shape index (κ2) is 4.86. The molecule has 0 fully saturated rings. The van der Waals surface area contributed by atoms with Crippen molar-refractivity contribution in [3.05, 3.63) is 36.1 Å². The van der Waals surface area contributed by atoms with E-state index in [2.05, 4.69) is 13.5 Å². The Kier molecular flexibility index (Phi) is 4.38. The molecule has 1 heteroatoms. The number of nitrogens with two attached hydrogens (primary N) is 1. The molecule has 0 aromatic carbocycles. The van der Waals surface area contributed by atoms with Crippen LogP contribution in [0.5, 0.6) is 0 Å². The number of rotatable bonds is 3. The summed E-state index contributed by atoms with van der Waals surface area (Å²) in [5.74, 6) is 0. The van der Waals surface area contributed by atoms with Crippen LogP contribution in [-0.2, 0) is 0 Å². The van der Waals surface area contributed by atoms with E-state index in [-0.39, 0.29) is 0 Å². The first-order chi connectivity index (χ1) is 4.70. The van der Waals surface area contributed by atoms with Crippen molar-refractivity contribution in [1.82, 2.24) is 0 Å². The highest BCUT2D eigenvalue weighted by molar-refractivity contribution is 5.22. The third kappa shape index (κ3) is 3.96. The average molecular weight is 137 g/mol. The number of hydrogen-bond donors (Lipinski definition) is 1. The molecule has 10 heavy (non-hydrogen) atoms. The molecular formula is C9H15N. The molecule has 1 nitrogen and oxygen atoms in total. The summed E-state index contributed by atoms with van der Waals surface area (Å²) in [5, 5.41) is 0. The van der Waals surface area contributed by atoms with Gasteiger partial charge >= 0.3 is 0 Å². The third-order valence-electron chi connectivity index (χ3n) is 1.23. The zero-order valence-electron chi connectivity index (χ0n) is 6.72. The van der Waals surface area contributed by atoms with Gasteiger partial charge in [-0.2, -0.15) is 0 Å². The van der Waals surface area contributed by atoms with E-state index >= 15 is 0 Å². The van der Waals surface area contributed by atoms with Gasteiger partial charge in [0, 0.05) is 5.70 Å². The molecule has 0 aliphatic rings. The molecule has 0 aromatic heterocycles. The van der Waals surface area contributed by atoms with Gasteiger partial charge in [0.1, 0.15) is 0 Å². The zero-order valence-corrected chi connectivity index (χ0v) is 6.72. The topological polar surface area (TPSA) is 26.0 Å². The maximum absolute atomic E-state index is 5.43. The Bertz CT molecular complexity index is 160. The van der Waals surface area contributed by atoms with Gasteiger partial charge in [-0.3, -0.25) is 0 Å². The molecule has 0 bridgehead atoms. The summed E-state index contributed by atoms with van der Waals surface area (Å²) in [4.78, 5) is 0. The highest BCUT2D eigenvalue weighted by Crippen LogP contribution is 2.01. The van der Waals surface area contributed by atoms with E-state index in [1.807, 2.05) is 25.2 Å². The second-order valence-corrected chi connectivity index (χ2v) is 2.21. The van der Waals surface area contributed by atoms with Crippen molar-refractivity contribution in [3.8, 4) is 0 Å². The Morgan fingerprint density at radius 2 is 2.10 bits per heavy atom. The summed E-state index contributed by atoms with van der Waals surface area (Å²) in [6.45, 7) is 7.63. The fourth-order valence-corrected chi connectivity index (χ4v) is 0.569. The van der Waals surface area contributed by atoms with Gasteiger partial charge in [-0.25, -0.2) is 0 Å². The number of allylic oxidation sites excluding steroid dienone is 5. The van der Waals surface area contributed by atoms with Gasteiger partial charge in [-0.15, -0.1) is 0 Å². The van der Waals surface area contributed by atoms with Crippen molar-refractivity contribution in [2.45, 2.75) is 20.3 Å². The van der Waals surface area contributed by atoms with Gasteiger partial charge in [-0.05, 0) is 25.0 Å². The van der Waals surface area contributed by atoms with Crippen LogP contribution < -0.4 is 5.73 Å².